The van der Waals surface area contributed by atoms with E-state index in [1.165, 1.54) is 5.57 Å². The van der Waals surface area contributed by atoms with Crippen molar-refractivity contribution in [1.29, 1.82) is 0 Å². The molecule has 0 saturated carbocycles. The number of hydrogen-bond acceptors (Lipinski definition) is 1. The third-order valence-electron chi connectivity index (χ3n) is 2.33. The highest BCUT2D eigenvalue weighted by Gasteiger charge is 2.18. The summed E-state index contributed by atoms with van der Waals surface area (Å²) in [7, 11) is 2.01. The molecule has 0 aromatic rings. The smallest absolute Gasteiger partial charge is 0.0127 e. The van der Waals surface area contributed by atoms with Crippen molar-refractivity contribution in [2.75, 3.05) is 7.05 Å². The molecule has 0 bridgehead atoms. The average Bonchev–Trinajstić information content (AvgIpc) is 1.87. The molecule has 0 aromatic carbocycles. The maximum absolute atomic E-state index is 3.95. The van der Waals surface area contributed by atoms with Crippen LogP contribution in [-0.2, 0) is 0 Å². The van der Waals surface area contributed by atoms with Crippen molar-refractivity contribution < 1.29 is 0 Å². The van der Waals surface area contributed by atoms with Crippen molar-refractivity contribution in [2.45, 2.75) is 39.7 Å². The van der Waals surface area contributed by atoms with E-state index in [9.17, 15) is 0 Å². The fourth-order valence-electron chi connectivity index (χ4n) is 1.04. The Morgan fingerprint density at radius 2 is 2.00 bits per heavy atom. The third-order valence-corrected chi connectivity index (χ3v) is 2.33. The molecule has 0 rings (SSSR count). The van der Waals surface area contributed by atoms with Gasteiger partial charge in [-0.05, 0) is 40.2 Å². The van der Waals surface area contributed by atoms with E-state index in [2.05, 4.69) is 39.6 Å². The Morgan fingerprint density at radius 1 is 1.55 bits per heavy atom. The minimum atomic E-state index is 0.234. The van der Waals surface area contributed by atoms with Gasteiger partial charge in [0.05, 0.1) is 0 Å². The van der Waals surface area contributed by atoms with Crippen LogP contribution in [0.1, 0.15) is 34.1 Å². The Kier molecular flexibility index (Phi) is 3.81. The van der Waals surface area contributed by atoms with Gasteiger partial charge in [-0.1, -0.05) is 19.1 Å². The first kappa shape index (κ1) is 10.7. The lowest BCUT2D eigenvalue weighted by molar-refractivity contribution is 0.349. The van der Waals surface area contributed by atoms with Crippen LogP contribution in [0.15, 0.2) is 12.2 Å². The molecule has 0 aromatic heterocycles. The van der Waals surface area contributed by atoms with Crippen LogP contribution in [0.4, 0.5) is 0 Å². The largest absolute Gasteiger partial charge is 0.315 e. The summed E-state index contributed by atoms with van der Waals surface area (Å²) in [5, 5.41) is 3.29. The van der Waals surface area contributed by atoms with Crippen LogP contribution >= 0.6 is 0 Å². The van der Waals surface area contributed by atoms with Crippen LogP contribution in [0.3, 0.4) is 0 Å². The first-order valence-electron chi connectivity index (χ1n) is 4.23. The van der Waals surface area contributed by atoms with Crippen molar-refractivity contribution in [3.8, 4) is 0 Å². The summed E-state index contributed by atoms with van der Waals surface area (Å²) in [6.45, 7) is 12.7. The first-order chi connectivity index (χ1) is 4.89. The second-order valence-corrected chi connectivity index (χ2v) is 4.09. The number of nitrogens with one attached hydrogen (secondary N) is 1. The zero-order valence-electron chi connectivity index (χ0n) is 8.49. The first-order valence-corrected chi connectivity index (χ1v) is 4.23. The van der Waals surface area contributed by atoms with Gasteiger partial charge in [-0.3, -0.25) is 0 Å². The lowest BCUT2D eigenvalue weighted by atomic mass is 9.88. The van der Waals surface area contributed by atoms with Crippen LogP contribution in [0.25, 0.3) is 0 Å². The van der Waals surface area contributed by atoms with Crippen molar-refractivity contribution in [2.24, 2.45) is 5.92 Å². The van der Waals surface area contributed by atoms with Crippen molar-refractivity contribution >= 4 is 0 Å². The summed E-state index contributed by atoms with van der Waals surface area (Å²) in [5.41, 5.74) is 1.51. The second-order valence-electron chi connectivity index (χ2n) is 4.09. The lowest BCUT2D eigenvalue weighted by Gasteiger charge is -2.27. The molecule has 1 atom stereocenters. The molecule has 0 heterocycles. The van der Waals surface area contributed by atoms with E-state index in [0.29, 0.717) is 5.92 Å². The van der Waals surface area contributed by atoms with Gasteiger partial charge in [-0.15, -0.1) is 0 Å². The molecule has 1 unspecified atom stereocenters. The highest BCUT2D eigenvalue weighted by Crippen LogP contribution is 2.20. The van der Waals surface area contributed by atoms with E-state index in [0.717, 1.165) is 6.42 Å². The molecule has 0 amide bonds. The van der Waals surface area contributed by atoms with E-state index in [-0.39, 0.29) is 5.54 Å². The Bertz CT molecular complexity index is 136. The molecule has 0 saturated heterocycles. The SMILES string of the molecule is C=C(C)C(C)CC(C)(C)NC. The van der Waals surface area contributed by atoms with E-state index in [1.54, 1.807) is 0 Å². The van der Waals surface area contributed by atoms with Gasteiger partial charge < -0.3 is 5.32 Å². The molecule has 1 nitrogen and oxygen atoms in total. The van der Waals surface area contributed by atoms with Gasteiger partial charge in [0, 0.05) is 5.54 Å². The van der Waals surface area contributed by atoms with Crippen molar-refractivity contribution in [3.05, 3.63) is 12.2 Å². The van der Waals surface area contributed by atoms with Gasteiger partial charge in [0.25, 0.3) is 0 Å². The van der Waals surface area contributed by atoms with Gasteiger partial charge in [0.1, 0.15) is 0 Å². The fourth-order valence-corrected chi connectivity index (χ4v) is 1.04. The maximum atomic E-state index is 3.95. The zero-order chi connectivity index (χ0) is 9.07. The fraction of sp³-hybridized carbons (Fsp3) is 0.800. The molecule has 1 N–H and O–H groups in total. The number of hydrogen-bond donors (Lipinski definition) is 1. The molecule has 0 aliphatic heterocycles. The van der Waals surface area contributed by atoms with E-state index in [4.69, 9.17) is 0 Å². The van der Waals surface area contributed by atoms with E-state index >= 15 is 0 Å². The van der Waals surface area contributed by atoms with Crippen molar-refractivity contribution in [1.82, 2.24) is 5.32 Å². The van der Waals surface area contributed by atoms with Crippen LogP contribution in [0, 0.1) is 5.92 Å². The normalized spacial score (nSPS) is 14.6. The summed E-state index contributed by atoms with van der Waals surface area (Å²) in [4.78, 5) is 0. The van der Waals surface area contributed by atoms with Gasteiger partial charge in [0.2, 0.25) is 0 Å². The monoisotopic (exact) mass is 155 g/mol. The molecule has 0 radical (unpaired) electrons. The van der Waals surface area contributed by atoms with Gasteiger partial charge in [-0.2, -0.15) is 0 Å². The molecule has 0 fully saturated rings. The Balaban J connectivity index is 3.93. The maximum Gasteiger partial charge on any atom is 0.0127 e. The predicted molar refractivity (Wildman–Crippen MR) is 51.7 cm³/mol. The highest BCUT2D eigenvalue weighted by molar-refractivity contribution is 4.97. The minimum Gasteiger partial charge on any atom is -0.315 e. The van der Waals surface area contributed by atoms with Gasteiger partial charge in [-0.25, -0.2) is 0 Å². The van der Waals surface area contributed by atoms with Crippen LogP contribution in [-0.4, -0.2) is 12.6 Å². The summed E-state index contributed by atoms with van der Waals surface area (Å²) in [6.07, 6.45) is 1.15. The van der Waals surface area contributed by atoms with E-state index in [1.807, 2.05) is 7.05 Å². The third kappa shape index (κ3) is 4.20. The van der Waals surface area contributed by atoms with E-state index < -0.39 is 0 Å². The topological polar surface area (TPSA) is 12.0 Å². The van der Waals surface area contributed by atoms with Crippen LogP contribution in [0.5, 0.6) is 0 Å². The second kappa shape index (κ2) is 3.91. The quantitative estimate of drug-likeness (QED) is 0.615. The summed E-state index contributed by atoms with van der Waals surface area (Å²) in [6, 6.07) is 0. The lowest BCUT2D eigenvalue weighted by Crippen LogP contribution is -2.37. The Morgan fingerprint density at radius 3 is 2.27 bits per heavy atom. The predicted octanol–water partition coefficient (Wildman–Crippen LogP) is 2.59. The van der Waals surface area contributed by atoms with Crippen molar-refractivity contribution in [3.63, 3.8) is 0 Å². The Labute approximate surface area is 70.9 Å². The summed E-state index contributed by atoms with van der Waals surface area (Å²) >= 11 is 0. The summed E-state index contributed by atoms with van der Waals surface area (Å²) in [5.74, 6) is 0.609. The molecule has 1 heteroatoms. The molecular weight excluding hydrogens is 134 g/mol. The molecule has 66 valence electrons. The Hall–Kier alpha value is -0.300. The molecular formula is C10H21N. The van der Waals surface area contributed by atoms with Gasteiger partial charge >= 0.3 is 0 Å². The number of allylic oxidation sites excluding steroid dienone is 1. The molecule has 11 heavy (non-hydrogen) atoms. The van der Waals surface area contributed by atoms with Gasteiger partial charge in [0.15, 0.2) is 0 Å². The minimum absolute atomic E-state index is 0.234. The molecule has 0 spiro atoms. The molecule has 0 aliphatic carbocycles. The standard InChI is InChI=1S/C10H21N/c1-8(2)9(3)7-10(4,5)11-6/h9,11H,1,7H2,2-6H3. The van der Waals surface area contributed by atoms with Crippen LogP contribution < -0.4 is 5.32 Å². The highest BCUT2D eigenvalue weighted by atomic mass is 14.9. The zero-order valence-corrected chi connectivity index (χ0v) is 8.49. The molecule has 0 aliphatic rings. The van der Waals surface area contributed by atoms with Crippen LogP contribution in [0.2, 0.25) is 0 Å². The number of rotatable bonds is 4. The average molecular weight is 155 g/mol. The summed E-state index contributed by atoms with van der Waals surface area (Å²) < 4.78 is 0.